The monoisotopic (exact) mass is 250 g/mol. The topological polar surface area (TPSA) is 101 Å². The summed E-state index contributed by atoms with van der Waals surface area (Å²) in [5.74, 6) is 0.160. The van der Waals surface area contributed by atoms with Gasteiger partial charge in [0.05, 0.1) is 6.33 Å². The molecule has 2 aromatic heterocycles. The van der Waals surface area contributed by atoms with Crippen molar-refractivity contribution < 1.29 is 4.79 Å². The molecule has 7 nitrogen and oxygen atoms in total. The van der Waals surface area contributed by atoms with E-state index < -0.39 is 11.2 Å². The minimum absolute atomic E-state index is 0.160. The summed E-state index contributed by atoms with van der Waals surface area (Å²) in [6.07, 6.45) is 3.61. The molecule has 0 aromatic carbocycles. The van der Waals surface area contributed by atoms with E-state index in [9.17, 15) is 14.4 Å². The molecule has 0 radical (unpaired) electrons. The van der Waals surface area contributed by atoms with Crippen molar-refractivity contribution in [2.75, 3.05) is 0 Å². The zero-order chi connectivity index (χ0) is 13.1. The number of aromatic amines is 2. The van der Waals surface area contributed by atoms with Gasteiger partial charge in [-0.25, -0.2) is 9.78 Å². The molecule has 0 saturated heterocycles. The van der Waals surface area contributed by atoms with E-state index in [-0.39, 0.29) is 11.4 Å². The van der Waals surface area contributed by atoms with E-state index in [4.69, 9.17) is 0 Å². The highest BCUT2D eigenvalue weighted by atomic mass is 16.2. The lowest BCUT2D eigenvalue weighted by atomic mass is 10.2. The number of carbonyl (C=O) groups excluding carboxylic acids is 1. The first kappa shape index (κ1) is 12.3. The SMILES string of the molecule is CC(=O)CCCCn1cnc2[nH]c(=O)[nH]c(=O)c21. The van der Waals surface area contributed by atoms with Gasteiger partial charge in [-0.2, -0.15) is 0 Å². The van der Waals surface area contributed by atoms with Crippen LogP contribution in [0.4, 0.5) is 0 Å². The first-order chi connectivity index (χ1) is 8.58. The summed E-state index contributed by atoms with van der Waals surface area (Å²) < 4.78 is 1.68. The molecular weight excluding hydrogens is 236 g/mol. The van der Waals surface area contributed by atoms with Crippen molar-refractivity contribution in [2.45, 2.75) is 32.7 Å². The van der Waals surface area contributed by atoms with Gasteiger partial charge in [-0.3, -0.25) is 14.8 Å². The molecule has 0 unspecified atom stereocenters. The van der Waals surface area contributed by atoms with Crippen LogP contribution in [0.1, 0.15) is 26.2 Å². The van der Waals surface area contributed by atoms with E-state index >= 15 is 0 Å². The molecule has 2 heterocycles. The zero-order valence-corrected chi connectivity index (χ0v) is 10.0. The summed E-state index contributed by atoms with van der Waals surface area (Å²) in [5, 5.41) is 0. The lowest BCUT2D eigenvalue weighted by Gasteiger charge is -2.02. The fourth-order valence-corrected chi connectivity index (χ4v) is 1.84. The highest BCUT2D eigenvalue weighted by Gasteiger charge is 2.07. The first-order valence-corrected chi connectivity index (χ1v) is 5.75. The van der Waals surface area contributed by atoms with Crippen LogP contribution < -0.4 is 11.2 Å². The van der Waals surface area contributed by atoms with Crippen LogP contribution in [0.25, 0.3) is 11.2 Å². The van der Waals surface area contributed by atoms with Gasteiger partial charge in [0.1, 0.15) is 5.78 Å². The van der Waals surface area contributed by atoms with Crippen LogP contribution in [-0.2, 0) is 11.3 Å². The number of H-pyrrole nitrogens is 2. The molecule has 96 valence electrons. The summed E-state index contributed by atoms with van der Waals surface area (Å²) in [5.41, 5.74) is -0.361. The summed E-state index contributed by atoms with van der Waals surface area (Å²) in [6, 6.07) is 0. The number of fused-ring (bicyclic) bond motifs is 1. The number of hydrogen-bond donors (Lipinski definition) is 2. The van der Waals surface area contributed by atoms with Gasteiger partial charge < -0.3 is 9.36 Å². The van der Waals surface area contributed by atoms with Crippen LogP contribution in [0.15, 0.2) is 15.9 Å². The lowest BCUT2D eigenvalue weighted by Crippen LogP contribution is -2.23. The molecule has 0 bridgehead atoms. The van der Waals surface area contributed by atoms with Gasteiger partial charge in [-0.1, -0.05) is 0 Å². The Labute approximate surface area is 102 Å². The van der Waals surface area contributed by atoms with E-state index in [2.05, 4.69) is 15.0 Å². The van der Waals surface area contributed by atoms with Crippen LogP contribution in [0.2, 0.25) is 0 Å². The van der Waals surface area contributed by atoms with Gasteiger partial charge >= 0.3 is 5.69 Å². The van der Waals surface area contributed by atoms with Gasteiger partial charge in [0.15, 0.2) is 11.2 Å². The zero-order valence-electron chi connectivity index (χ0n) is 10.0. The highest BCUT2D eigenvalue weighted by Crippen LogP contribution is 2.06. The third-order valence-corrected chi connectivity index (χ3v) is 2.69. The van der Waals surface area contributed by atoms with Gasteiger partial charge in [0, 0.05) is 13.0 Å². The molecule has 0 fully saturated rings. The van der Waals surface area contributed by atoms with Crippen LogP contribution in [-0.4, -0.2) is 25.3 Å². The number of nitrogens with one attached hydrogen (secondary N) is 2. The molecule has 7 heteroatoms. The predicted molar refractivity (Wildman–Crippen MR) is 65.5 cm³/mol. The van der Waals surface area contributed by atoms with Gasteiger partial charge in [0.2, 0.25) is 0 Å². The van der Waals surface area contributed by atoms with Gasteiger partial charge in [-0.15, -0.1) is 0 Å². The normalized spacial score (nSPS) is 10.9. The Bertz CT molecular complexity index is 679. The standard InChI is InChI=1S/C11H14N4O3/c1-7(16)4-2-3-5-15-6-12-9-8(15)10(17)14-11(18)13-9/h6H,2-5H2,1H3,(H2,13,14,17,18). The van der Waals surface area contributed by atoms with Crippen molar-refractivity contribution in [3.05, 3.63) is 27.2 Å². The lowest BCUT2D eigenvalue weighted by molar-refractivity contribution is -0.117. The highest BCUT2D eigenvalue weighted by molar-refractivity contribution is 5.75. The third-order valence-electron chi connectivity index (χ3n) is 2.69. The van der Waals surface area contributed by atoms with Crippen molar-refractivity contribution in [3.63, 3.8) is 0 Å². The van der Waals surface area contributed by atoms with E-state index in [1.54, 1.807) is 11.5 Å². The van der Waals surface area contributed by atoms with Crippen LogP contribution >= 0.6 is 0 Å². The van der Waals surface area contributed by atoms with Gasteiger partial charge in [0.25, 0.3) is 5.56 Å². The molecule has 0 aliphatic heterocycles. The van der Waals surface area contributed by atoms with E-state index in [0.717, 1.165) is 12.8 Å². The molecule has 0 amide bonds. The number of unbranched alkanes of at least 4 members (excludes halogenated alkanes) is 1. The average molecular weight is 250 g/mol. The molecule has 0 saturated carbocycles. The molecule has 2 aromatic rings. The maximum atomic E-state index is 11.6. The average Bonchev–Trinajstić information content (AvgIpc) is 2.67. The fraction of sp³-hybridized carbons (Fsp3) is 0.455. The second-order valence-corrected chi connectivity index (χ2v) is 4.20. The van der Waals surface area contributed by atoms with Crippen molar-refractivity contribution in [3.8, 4) is 0 Å². The Kier molecular flexibility index (Phi) is 3.40. The molecule has 2 rings (SSSR count). The van der Waals surface area contributed by atoms with Crippen molar-refractivity contribution in [2.24, 2.45) is 0 Å². The molecule has 18 heavy (non-hydrogen) atoms. The van der Waals surface area contributed by atoms with E-state index in [0.29, 0.717) is 18.5 Å². The number of aryl methyl sites for hydroxylation is 1. The second kappa shape index (κ2) is 4.99. The molecule has 0 aliphatic rings. The Balaban J connectivity index is 2.17. The van der Waals surface area contributed by atoms with E-state index in [1.807, 2.05) is 0 Å². The number of imidazole rings is 1. The second-order valence-electron chi connectivity index (χ2n) is 4.20. The molecule has 0 spiro atoms. The number of carbonyl (C=O) groups is 1. The minimum Gasteiger partial charge on any atom is -0.325 e. The van der Waals surface area contributed by atoms with Crippen LogP contribution in [0.5, 0.6) is 0 Å². The maximum Gasteiger partial charge on any atom is 0.327 e. The molecular formula is C11H14N4O3. The number of hydrogen-bond acceptors (Lipinski definition) is 4. The summed E-state index contributed by atoms with van der Waals surface area (Å²) >= 11 is 0. The molecule has 2 N–H and O–H groups in total. The van der Waals surface area contributed by atoms with Crippen molar-refractivity contribution >= 4 is 16.9 Å². The summed E-state index contributed by atoms with van der Waals surface area (Å²) in [7, 11) is 0. The smallest absolute Gasteiger partial charge is 0.325 e. The summed E-state index contributed by atoms with van der Waals surface area (Å²) in [4.78, 5) is 42.1. The number of nitrogens with zero attached hydrogens (tertiary/aromatic N) is 2. The summed E-state index contributed by atoms with van der Waals surface area (Å²) in [6.45, 7) is 2.15. The number of ketones is 1. The van der Waals surface area contributed by atoms with E-state index in [1.165, 1.54) is 6.33 Å². The largest absolute Gasteiger partial charge is 0.327 e. The third kappa shape index (κ3) is 2.55. The predicted octanol–water partition coefficient (Wildman–Crippen LogP) is 0.172. The van der Waals surface area contributed by atoms with Crippen molar-refractivity contribution in [1.29, 1.82) is 0 Å². The Morgan fingerprint density at radius 1 is 1.33 bits per heavy atom. The fourth-order valence-electron chi connectivity index (χ4n) is 1.84. The Morgan fingerprint density at radius 3 is 2.83 bits per heavy atom. The molecule has 0 atom stereocenters. The molecule has 0 aliphatic carbocycles. The number of aromatic nitrogens is 4. The van der Waals surface area contributed by atoms with Crippen LogP contribution in [0, 0.1) is 0 Å². The van der Waals surface area contributed by atoms with Crippen molar-refractivity contribution in [1.82, 2.24) is 19.5 Å². The number of Topliss-reactive ketones (excluding diaryl/α,β-unsaturated/α-hetero) is 1. The Hall–Kier alpha value is -2.18. The first-order valence-electron chi connectivity index (χ1n) is 5.75. The number of rotatable bonds is 5. The quantitative estimate of drug-likeness (QED) is 0.739. The van der Waals surface area contributed by atoms with Gasteiger partial charge in [-0.05, 0) is 19.8 Å². The minimum atomic E-state index is -0.561. The Morgan fingerprint density at radius 2 is 2.11 bits per heavy atom. The van der Waals surface area contributed by atoms with Crippen LogP contribution in [0.3, 0.4) is 0 Å². The maximum absolute atomic E-state index is 11.6.